The van der Waals surface area contributed by atoms with Gasteiger partial charge in [0.15, 0.2) is 32.4 Å². The minimum Gasteiger partial charge on any atom is -0.389 e. The Morgan fingerprint density at radius 1 is 1.28 bits per heavy atom. The highest BCUT2D eigenvalue weighted by atomic mass is 32.2. The number of hydrogen-bond donors (Lipinski definition) is 2. The molecule has 2 heterocycles. The summed E-state index contributed by atoms with van der Waals surface area (Å²) in [5.74, 6) is -0.760. The number of H-pyrrole nitrogens is 1. The molecule has 3 aromatic rings. The van der Waals surface area contributed by atoms with Crippen LogP contribution in [-0.4, -0.2) is 54.7 Å². The van der Waals surface area contributed by atoms with E-state index in [0.717, 1.165) is 6.20 Å². The van der Waals surface area contributed by atoms with E-state index in [-0.39, 0.29) is 28.1 Å². The number of amides is 1. The van der Waals surface area contributed by atoms with Gasteiger partial charge >= 0.3 is 0 Å². The fraction of sp³-hybridized carbons (Fsp3) is 0.263. The van der Waals surface area contributed by atoms with E-state index in [9.17, 15) is 17.6 Å². The molecule has 32 heavy (non-hydrogen) atoms. The lowest BCUT2D eigenvalue weighted by Crippen LogP contribution is -2.24. The maximum atomic E-state index is 13.2. The van der Waals surface area contributed by atoms with Crippen LogP contribution in [0.3, 0.4) is 0 Å². The number of oxime groups is 1. The molecule has 0 saturated carbocycles. The summed E-state index contributed by atoms with van der Waals surface area (Å²) in [5, 5.41) is 12.3. The summed E-state index contributed by atoms with van der Waals surface area (Å²) < 4.78 is 43.0. The number of sulfone groups is 1. The van der Waals surface area contributed by atoms with Gasteiger partial charge in [0.1, 0.15) is 0 Å². The van der Waals surface area contributed by atoms with Gasteiger partial charge in [-0.2, -0.15) is 9.49 Å². The summed E-state index contributed by atoms with van der Waals surface area (Å²) in [4.78, 5) is 21.9. The van der Waals surface area contributed by atoms with Crippen molar-refractivity contribution in [1.82, 2.24) is 15.2 Å². The van der Waals surface area contributed by atoms with Crippen molar-refractivity contribution in [2.75, 3.05) is 24.8 Å². The van der Waals surface area contributed by atoms with E-state index >= 15 is 0 Å². The summed E-state index contributed by atoms with van der Waals surface area (Å²) in [7, 11) is -2.00. The number of ether oxygens (including phenoxy) is 1. The number of halogens is 1. The molecule has 0 atom stereocenters. The number of nitrogens with one attached hydrogen (secondary N) is 2. The molecular formula is C19H20FN5O5S2. The van der Waals surface area contributed by atoms with E-state index in [1.165, 1.54) is 31.4 Å². The SMILES string of the molecule is COCCCS(=O)(=O)c1ccc(C(=NOCc2ccn[nH]2)C(=O)Nc2ncc(F)s2)cc1. The van der Waals surface area contributed by atoms with Gasteiger partial charge in [-0.05, 0) is 24.6 Å². The van der Waals surface area contributed by atoms with Crippen LogP contribution in [0.5, 0.6) is 0 Å². The molecule has 10 nitrogen and oxygen atoms in total. The van der Waals surface area contributed by atoms with E-state index in [4.69, 9.17) is 9.57 Å². The van der Waals surface area contributed by atoms with Crippen molar-refractivity contribution in [2.45, 2.75) is 17.9 Å². The molecule has 0 saturated heterocycles. The van der Waals surface area contributed by atoms with Crippen LogP contribution in [0.4, 0.5) is 9.52 Å². The zero-order valence-electron chi connectivity index (χ0n) is 16.9. The molecule has 0 spiro atoms. The second-order valence-corrected chi connectivity index (χ2v) is 9.50. The largest absolute Gasteiger partial charge is 0.389 e. The van der Waals surface area contributed by atoms with Crippen LogP contribution in [-0.2, 0) is 30.8 Å². The van der Waals surface area contributed by atoms with Crippen LogP contribution in [0.15, 0.2) is 52.8 Å². The first-order chi connectivity index (χ1) is 15.4. The van der Waals surface area contributed by atoms with Crippen molar-refractivity contribution >= 4 is 37.9 Å². The fourth-order valence-corrected chi connectivity index (χ4v) is 4.38. The first-order valence-corrected chi connectivity index (χ1v) is 11.8. The third-order valence-electron chi connectivity index (χ3n) is 4.10. The van der Waals surface area contributed by atoms with Crippen LogP contribution in [0, 0.1) is 5.13 Å². The van der Waals surface area contributed by atoms with E-state index in [0.29, 0.717) is 35.6 Å². The highest BCUT2D eigenvalue weighted by molar-refractivity contribution is 7.91. The molecule has 0 fully saturated rings. The van der Waals surface area contributed by atoms with Crippen LogP contribution < -0.4 is 5.32 Å². The maximum absolute atomic E-state index is 13.2. The van der Waals surface area contributed by atoms with Gasteiger partial charge in [-0.25, -0.2) is 13.4 Å². The quantitative estimate of drug-likeness (QED) is 0.244. The number of carbonyl (C=O) groups excluding carboxylic acids is 1. The summed E-state index contributed by atoms with van der Waals surface area (Å²) in [6.45, 7) is 0.355. The highest BCUT2D eigenvalue weighted by Gasteiger charge is 2.20. The molecular weight excluding hydrogens is 461 g/mol. The third-order valence-corrected chi connectivity index (χ3v) is 6.61. The van der Waals surface area contributed by atoms with Crippen LogP contribution >= 0.6 is 11.3 Å². The number of rotatable bonds is 11. The number of methoxy groups -OCH3 is 1. The molecule has 0 aliphatic carbocycles. The van der Waals surface area contributed by atoms with Crippen molar-refractivity contribution in [3.63, 3.8) is 0 Å². The second-order valence-electron chi connectivity index (χ2n) is 6.41. The van der Waals surface area contributed by atoms with Crippen molar-refractivity contribution in [1.29, 1.82) is 0 Å². The van der Waals surface area contributed by atoms with Gasteiger partial charge in [0.2, 0.25) is 0 Å². The van der Waals surface area contributed by atoms with Crippen molar-refractivity contribution < 1.29 is 27.2 Å². The molecule has 1 aromatic carbocycles. The average molecular weight is 482 g/mol. The summed E-state index contributed by atoms with van der Waals surface area (Å²) in [6, 6.07) is 7.35. The third kappa shape index (κ3) is 6.42. The van der Waals surface area contributed by atoms with E-state index < -0.39 is 20.9 Å². The van der Waals surface area contributed by atoms with Gasteiger partial charge in [-0.15, -0.1) is 0 Å². The lowest BCUT2D eigenvalue weighted by atomic mass is 10.1. The number of nitrogens with zero attached hydrogens (tertiary/aromatic N) is 3. The topological polar surface area (TPSA) is 136 Å². The van der Waals surface area contributed by atoms with Crippen molar-refractivity contribution in [3.8, 4) is 0 Å². The van der Waals surface area contributed by atoms with Gasteiger partial charge in [0, 0.05) is 25.5 Å². The van der Waals surface area contributed by atoms with Gasteiger partial charge < -0.3 is 9.57 Å². The zero-order valence-corrected chi connectivity index (χ0v) is 18.6. The molecule has 0 unspecified atom stereocenters. The predicted molar refractivity (Wildman–Crippen MR) is 116 cm³/mol. The first kappa shape index (κ1) is 23.5. The minimum absolute atomic E-state index is 0.0224. The Morgan fingerprint density at radius 3 is 2.69 bits per heavy atom. The van der Waals surface area contributed by atoms with Crippen LogP contribution in [0.25, 0.3) is 0 Å². The normalized spacial score (nSPS) is 12.0. The summed E-state index contributed by atoms with van der Waals surface area (Å²) >= 11 is 0.657. The smallest absolute Gasteiger partial charge is 0.280 e. The summed E-state index contributed by atoms with van der Waals surface area (Å²) in [6.07, 6.45) is 2.88. The number of carbonyl (C=O) groups is 1. The Kier molecular flexibility index (Phi) is 8.03. The molecule has 0 aliphatic heterocycles. The van der Waals surface area contributed by atoms with E-state index in [2.05, 4.69) is 25.7 Å². The Bertz CT molecular complexity index is 1160. The second kappa shape index (κ2) is 10.9. The standard InChI is InChI=1S/C19H20FN5O5S2/c1-29-9-2-10-32(27,28)15-5-3-13(4-6-15)17(25-30-12-14-7-8-22-24-14)18(26)23-19-21-11-16(20)31-19/h3-8,11H,2,9-10,12H2,1H3,(H,22,24)(H,21,23,26). The Balaban J connectivity index is 1.80. The molecule has 0 radical (unpaired) electrons. The number of aromatic amines is 1. The first-order valence-electron chi connectivity index (χ1n) is 9.32. The monoisotopic (exact) mass is 481 g/mol. The molecule has 3 rings (SSSR count). The van der Waals surface area contributed by atoms with Crippen LogP contribution in [0.2, 0.25) is 0 Å². The molecule has 0 aliphatic rings. The maximum Gasteiger partial charge on any atom is 0.280 e. The summed E-state index contributed by atoms with van der Waals surface area (Å²) in [5.41, 5.74) is 0.802. The lowest BCUT2D eigenvalue weighted by Gasteiger charge is -2.08. The number of anilines is 1. The molecule has 170 valence electrons. The zero-order chi connectivity index (χ0) is 23.0. The molecule has 2 N–H and O–H groups in total. The Morgan fingerprint density at radius 2 is 2.06 bits per heavy atom. The van der Waals surface area contributed by atoms with E-state index in [1.54, 1.807) is 12.3 Å². The van der Waals surface area contributed by atoms with Gasteiger partial charge in [0.25, 0.3) is 5.91 Å². The Hall–Kier alpha value is -3.16. The number of benzene rings is 1. The molecule has 13 heteroatoms. The Labute approximate surface area is 187 Å². The van der Waals surface area contributed by atoms with Gasteiger partial charge in [-0.3, -0.25) is 15.2 Å². The number of hydrogen-bond acceptors (Lipinski definition) is 9. The molecule has 0 bridgehead atoms. The fourth-order valence-electron chi connectivity index (χ4n) is 2.56. The lowest BCUT2D eigenvalue weighted by molar-refractivity contribution is -0.110. The number of thiazole rings is 1. The van der Waals surface area contributed by atoms with Crippen LogP contribution in [0.1, 0.15) is 17.7 Å². The van der Waals surface area contributed by atoms with Gasteiger partial charge in [-0.1, -0.05) is 28.6 Å². The molecule has 1 amide bonds. The predicted octanol–water partition coefficient (Wildman–Crippen LogP) is 2.38. The molecule has 2 aromatic heterocycles. The van der Waals surface area contributed by atoms with Gasteiger partial charge in [0.05, 0.1) is 22.5 Å². The minimum atomic E-state index is -3.50. The van der Waals surface area contributed by atoms with Crippen molar-refractivity contribution in [3.05, 3.63) is 59.1 Å². The van der Waals surface area contributed by atoms with E-state index in [1.807, 2.05) is 0 Å². The highest BCUT2D eigenvalue weighted by Crippen LogP contribution is 2.18. The average Bonchev–Trinajstić information content (AvgIpc) is 3.43. The number of aromatic nitrogens is 3. The van der Waals surface area contributed by atoms with Crippen molar-refractivity contribution in [2.24, 2.45) is 5.16 Å².